The van der Waals surface area contributed by atoms with Gasteiger partial charge in [-0.1, -0.05) is 17.7 Å². The van der Waals surface area contributed by atoms with Crippen LogP contribution in [-0.2, 0) is 4.74 Å². The second kappa shape index (κ2) is 4.78. The molecule has 2 aromatic rings. The van der Waals surface area contributed by atoms with E-state index < -0.39 is 17.7 Å². The fraction of sp³-hybridized carbons (Fsp3) is 0.0769. The molecular formula is C13H9ClO5. The van der Waals surface area contributed by atoms with Gasteiger partial charge in [0.1, 0.15) is 11.3 Å². The van der Waals surface area contributed by atoms with Crippen molar-refractivity contribution in [1.29, 1.82) is 0 Å². The molecule has 0 aliphatic rings. The van der Waals surface area contributed by atoms with Gasteiger partial charge >= 0.3 is 11.9 Å². The Hall–Kier alpha value is -2.27. The number of fused-ring (bicyclic) bond motifs is 1. The molecule has 19 heavy (non-hydrogen) atoms. The average molecular weight is 281 g/mol. The lowest BCUT2D eigenvalue weighted by atomic mass is 10.0. The summed E-state index contributed by atoms with van der Waals surface area (Å²) in [5.74, 6) is -2.33. The van der Waals surface area contributed by atoms with Gasteiger partial charge in [0.2, 0.25) is 0 Å². The second-order valence-corrected chi connectivity index (χ2v) is 4.20. The molecule has 0 bridgehead atoms. The molecule has 0 saturated heterocycles. The van der Waals surface area contributed by atoms with Gasteiger partial charge < -0.3 is 14.9 Å². The van der Waals surface area contributed by atoms with Gasteiger partial charge in [0.25, 0.3) is 0 Å². The Morgan fingerprint density at radius 1 is 1.26 bits per heavy atom. The number of hydrogen-bond donors (Lipinski definition) is 2. The van der Waals surface area contributed by atoms with Crippen molar-refractivity contribution in [3.63, 3.8) is 0 Å². The molecule has 0 spiro atoms. The summed E-state index contributed by atoms with van der Waals surface area (Å²) in [4.78, 5) is 22.4. The van der Waals surface area contributed by atoms with Crippen LogP contribution in [0.3, 0.4) is 0 Å². The highest BCUT2D eigenvalue weighted by molar-refractivity contribution is 6.37. The number of carbonyl (C=O) groups excluding carboxylic acids is 1. The summed E-state index contributed by atoms with van der Waals surface area (Å²) >= 11 is 5.91. The zero-order valence-corrected chi connectivity index (χ0v) is 10.6. The van der Waals surface area contributed by atoms with Gasteiger partial charge in [-0.05, 0) is 23.6 Å². The van der Waals surface area contributed by atoms with Gasteiger partial charge in [0, 0.05) is 5.39 Å². The molecular weight excluding hydrogens is 272 g/mol. The van der Waals surface area contributed by atoms with Crippen molar-refractivity contribution >= 4 is 34.3 Å². The Morgan fingerprint density at radius 2 is 1.95 bits per heavy atom. The van der Waals surface area contributed by atoms with Crippen LogP contribution in [0.1, 0.15) is 20.7 Å². The van der Waals surface area contributed by atoms with Crippen LogP contribution in [0.25, 0.3) is 10.8 Å². The Morgan fingerprint density at radius 3 is 2.53 bits per heavy atom. The first-order valence-corrected chi connectivity index (χ1v) is 5.60. The van der Waals surface area contributed by atoms with Gasteiger partial charge in [0.05, 0.1) is 17.7 Å². The molecule has 0 aliphatic heterocycles. The molecule has 0 radical (unpaired) electrons. The van der Waals surface area contributed by atoms with Crippen LogP contribution in [-0.4, -0.2) is 29.3 Å². The molecule has 6 heteroatoms. The number of esters is 1. The van der Waals surface area contributed by atoms with E-state index in [0.717, 1.165) is 0 Å². The van der Waals surface area contributed by atoms with Gasteiger partial charge in [-0.2, -0.15) is 0 Å². The van der Waals surface area contributed by atoms with E-state index in [2.05, 4.69) is 4.74 Å². The summed E-state index contributed by atoms with van der Waals surface area (Å²) < 4.78 is 4.58. The normalized spacial score (nSPS) is 10.4. The lowest BCUT2D eigenvalue weighted by Gasteiger charge is -2.08. The second-order valence-electron chi connectivity index (χ2n) is 3.82. The summed E-state index contributed by atoms with van der Waals surface area (Å²) in [6.45, 7) is 0. The number of aromatic hydroxyl groups is 1. The number of benzene rings is 2. The number of carboxylic acid groups (broad SMARTS) is 1. The Kier molecular flexibility index (Phi) is 3.31. The highest BCUT2D eigenvalue weighted by atomic mass is 35.5. The summed E-state index contributed by atoms with van der Waals surface area (Å²) in [5.41, 5.74) is -0.0485. The number of carboxylic acids is 1. The maximum absolute atomic E-state index is 11.4. The molecule has 2 N–H and O–H groups in total. The molecule has 0 fully saturated rings. The molecule has 0 unspecified atom stereocenters. The summed E-state index contributed by atoms with van der Waals surface area (Å²) in [5, 5.41) is 19.5. The van der Waals surface area contributed by atoms with Crippen molar-refractivity contribution in [2.45, 2.75) is 0 Å². The van der Waals surface area contributed by atoms with Crippen molar-refractivity contribution in [2.24, 2.45) is 0 Å². The quantitative estimate of drug-likeness (QED) is 0.826. The minimum absolute atomic E-state index is 0.0636. The number of carbonyl (C=O) groups is 2. The number of aromatic carboxylic acids is 1. The Bertz CT molecular complexity index is 693. The smallest absolute Gasteiger partial charge is 0.339 e. The van der Waals surface area contributed by atoms with Gasteiger partial charge in [0.15, 0.2) is 0 Å². The Labute approximate surface area is 113 Å². The fourth-order valence-corrected chi connectivity index (χ4v) is 2.03. The first-order valence-electron chi connectivity index (χ1n) is 5.22. The molecule has 2 aromatic carbocycles. The third-order valence-corrected chi connectivity index (χ3v) is 3.09. The summed E-state index contributed by atoms with van der Waals surface area (Å²) in [6, 6.07) is 5.72. The third kappa shape index (κ3) is 2.20. The van der Waals surface area contributed by atoms with E-state index in [4.69, 9.17) is 16.7 Å². The molecule has 0 amide bonds. The van der Waals surface area contributed by atoms with Gasteiger partial charge in [-0.25, -0.2) is 9.59 Å². The lowest BCUT2D eigenvalue weighted by Crippen LogP contribution is -2.01. The van der Waals surface area contributed by atoms with Crippen LogP contribution in [0.2, 0.25) is 5.02 Å². The van der Waals surface area contributed by atoms with E-state index >= 15 is 0 Å². The van der Waals surface area contributed by atoms with Crippen molar-refractivity contribution in [3.05, 3.63) is 40.4 Å². The van der Waals surface area contributed by atoms with Crippen molar-refractivity contribution in [3.8, 4) is 5.75 Å². The number of ether oxygens (including phenoxy) is 1. The number of rotatable bonds is 2. The zero-order valence-electron chi connectivity index (χ0n) is 9.81. The molecule has 2 rings (SSSR count). The monoisotopic (exact) mass is 280 g/mol. The molecule has 0 heterocycles. The Balaban J connectivity index is 2.75. The predicted octanol–water partition coefficient (Wildman–Crippen LogP) is 2.68. The number of hydrogen-bond acceptors (Lipinski definition) is 4. The average Bonchev–Trinajstić information content (AvgIpc) is 2.41. The number of phenols is 1. The largest absolute Gasteiger partial charge is 0.505 e. The van der Waals surface area contributed by atoms with Gasteiger partial charge in [-0.15, -0.1) is 0 Å². The number of methoxy groups -OCH3 is 1. The lowest BCUT2D eigenvalue weighted by molar-refractivity contribution is 0.0600. The van der Waals surface area contributed by atoms with Crippen LogP contribution < -0.4 is 0 Å². The molecule has 0 aromatic heterocycles. The minimum Gasteiger partial charge on any atom is -0.505 e. The summed E-state index contributed by atoms with van der Waals surface area (Å²) in [7, 11) is 1.25. The maximum Gasteiger partial charge on any atom is 0.339 e. The molecule has 5 nitrogen and oxygen atoms in total. The first kappa shape index (κ1) is 13.2. The third-order valence-electron chi connectivity index (χ3n) is 2.70. The molecule has 98 valence electrons. The topological polar surface area (TPSA) is 83.8 Å². The van der Waals surface area contributed by atoms with E-state index in [0.29, 0.717) is 10.8 Å². The number of halogens is 1. The van der Waals surface area contributed by atoms with E-state index in [-0.39, 0.29) is 16.1 Å². The SMILES string of the molecule is COC(=O)c1ccc2c(Cl)c(O)c(C(=O)O)cc2c1. The van der Waals surface area contributed by atoms with Crippen LogP contribution in [0.5, 0.6) is 5.75 Å². The van der Waals surface area contributed by atoms with E-state index in [1.165, 1.54) is 31.4 Å². The minimum atomic E-state index is -1.30. The maximum atomic E-state index is 11.4. The predicted molar refractivity (Wildman–Crippen MR) is 68.9 cm³/mol. The highest BCUT2D eigenvalue weighted by Crippen LogP contribution is 2.35. The standard InChI is InChI=1S/C13H9ClO5/c1-19-13(18)6-2-3-8-7(4-6)5-9(12(16)17)11(15)10(8)14/h2-5,15H,1H3,(H,16,17). The van der Waals surface area contributed by atoms with Crippen LogP contribution in [0, 0.1) is 0 Å². The van der Waals surface area contributed by atoms with Crippen molar-refractivity contribution < 1.29 is 24.5 Å². The zero-order chi connectivity index (χ0) is 14.2. The fourth-order valence-electron chi connectivity index (χ4n) is 1.76. The van der Waals surface area contributed by atoms with Crippen LogP contribution in [0.4, 0.5) is 0 Å². The van der Waals surface area contributed by atoms with E-state index in [9.17, 15) is 14.7 Å². The van der Waals surface area contributed by atoms with E-state index in [1.807, 2.05) is 0 Å². The first-order chi connectivity index (χ1) is 8.95. The van der Waals surface area contributed by atoms with Crippen LogP contribution >= 0.6 is 11.6 Å². The van der Waals surface area contributed by atoms with Crippen molar-refractivity contribution in [2.75, 3.05) is 7.11 Å². The van der Waals surface area contributed by atoms with Crippen LogP contribution in [0.15, 0.2) is 24.3 Å². The summed E-state index contributed by atoms with van der Waals surface area (Å²) in [6.07, 6.45) is 0. The van der Waals surface area contributed by atoms with E-state index in [1.54, 1.807) is 0 Å². The van der Waals surface area contributed by atoms with Gasteiger partial charge in [-0.3, -0.25) is 0 Å². The van der Waals surface area contributed by atoms with Crippen molar-refractivity contribution in [1.82, 2.24) is 0 Å². The highest BCUT2D eigenvalue weighted by Gasteiger charge is 2.17. The molecule has 0 atom stereocenters. The molecule has 0 saturated carbocycles. The molecule has 0 aliphatic carbocycles.